The van der Waals surface area contributed by atoms with Gasteiger partial charge in [0.1, 0.15) is 13.2 Å². The Balaban J connectivity index is 1.68. The molecule has 1 fully saturated rings. The lowest BCUT2D eigenvalue weighted by atomic mass is 10.2. The van der Waals surface area contributed by atoms with Crippen LogP contribution in [0.25, 0.3) is 11.4 Å². The van der Waals surface area contributed by atoms with Crippen LogP contribution >= 0.6 is 0 Å². The number of benzene rings is 1. The first-order chi connectivity index (χ1) is 13.2. The van der Waals surface area contributed by atoms with Crippen molar-refractivity contribution < 1.29 is 14.3 Å². The van der Waals surface area contributed by atoms with Crippen molar-refractivity contribution in [3.63, 3.8) is 0 Å². The first-order valence-corrected chi connectivity index (χ1v) is 9.27. The van der Waals surface area contributed by atoms with E-state index in [1.165, 1.54) is 17.6 Å². The molecule has 0 aliphatic heterocycles. The summed E-state index contributed by atoms with van der Waals surface area (Å²) in [7, 11) is 0. The molecule has 8 heteroatoms. The summed E-state index contributed by atoms with van der Waals surface area (Å²) in [6.45, 7) is 6.51. The molecule has 27 heavy (non-hydrogen) atoms. The van der Waals surface area contributed by atoms with Crippen LogP contribution in [0.15, 0.2) is 30.9 Å². The molecule has 1 heterocycles. The van der Waals surface area contributed by atoms with Gasteiger partial charge in [0.05, 0.1) is 6.61 Å². The van der Waals surface area contributed by atoms with Gasteiger partial charge in [-0.25, -0.2) is 0 Å². The van der Waals surface area contributed by atoms with Crippen molar-refractivity contribution in [2.45, 2.75) is 45.2 Å². The van der Waals surface area contributed by atoms with Gasteiger partial charge in [0, 0.05) is 11.6 Å². The van der Waals surface area contributed by atoms with Gasteiger partial charge in [-0.3, -0.25) is 4.79 Å². The standard InChI is InChI=1S/C19H25N5O3/c1-3-11-27-16-10-9-14(12-17(16)26-4-2)19-21-23-24(22-19)13-18(25)20-15-7-5-6-8-15/h3,9-10,12,15H,1,4-8,11,13H2,2H3,(H,20,25). The number of aromatic nitrogens is 4. The van der Waals surface area contributed by atoms with E-state index in [0.717, 1.165) is 18.4 Å². The first-order valence-electron chi connectivity index (χ1n) is 9.27. The van der Waals surface area contributed by atoms with Crippen molar-refractivity contribution in [1.29, 1.82) is 0 Å². The topological polar surface area (TPSA) is 91.2 Å². The second-order valence-electron chi connectivity index (χ2n) is 6.39. The molecule has 0 bridgehead atoms. The molecule has 0 unspecified atom stereocenters. The van der Waals surface area contributed by atoms with Gasteiger partial charge in [0.2, 0.25) is 11.7 Å². The van der Waals surface area contributed by atoms with Crippen LogP contribution in [0.4, 0.5) is 0 Å². The minimum Gasteiger partial charge on any atom is -0.490 e. The van der Waals surface area contributed by atoms with E-state index in [1.807, 2.05) is 19.1 Å². The molecule has 1 N–H and O–H groups in total. The van der Waals surface area contributed by atoms with Crippen LogP contribution in [0.1, 0.15) is 32.6 Å². The molecule has 0 spiro atoms. The summed E-state index contributed by atoms with van der Waals surface area (Å²) in [5.74, 6) is 1.57. The zero-order valence-electron chi connectivity index (χ0n) is 15.6. The summed E-state index contributed by atoms with van der Waals surface area (Å²) in [5.41, 5.74) is 0.742. The molecule has 1 aliphatic rings. The number of tetrazole rings is 1. The maximum absolute atomic E-state index is 12.1. The maximum atomic E-state index is 12.1. The van der Waals surface area contributed by atoms with Crippen molar-refractivity contribution in [1.82, 2.24) is 25.5 Å². The Morgan fingerprint density at radius 3 is 2.89 bits per heavy atom. The van der Waals surface area contributed by atoms with E-state index in [-0.39, 0.29) is 18.5 Å². The Kier molecular flexibility index (Phi) is 6.40. The second-order valence-corrected chi connectivity index (χ2v) is 6.39. The lowest BCUT2D eigenvalue weighted by molar-refractivity contribution is -0.122. The highest BCUT2D eigenvalue weighted by Crippen LogP contribution is 2.31. The molecule has 1 aliphatic carbocycles. The molecular formula is C19H25N5O3. The summed E-state index contributed by atoms with van der Waals surface area (Å²) in [5, 5.41) is 15.4. The predicted octanol–water partition coefficient (Wildman–Crippen LogP) is 2.36. The van der Waals surface area contributed by atoms with Gasteiger partial charge in [-0.1, -0.05) is 25.5 Å². The fourth-order valence-electron chi connectivity index (χ4n) is 3.08. The molecule has 1 aromatic heterocycles. The van der Waals surface area contributed by atoms with E-state index >= 15 is 0 Å². The highest BCUT2D eigenvalue weighted by Gasteiger charge is 2.18. The fourth-order valence-corrected chi connectivity index (χ4v) is 3.08. The normalized spacial score (nSPS) is 14.1. The molecule has 3 rings (SSSR count). The highest BCUT2D eigenvalue weighted by atomic mass is 16.5. The maximum Gasteiger partial charge on any atom is 0.243 e. The van der Waals surface area contributed by atoms with E-state index in [0.29, 0.717) is 30.5 Å². The highest BCUT2D eigenvalue weighted by molar-refractivity contribution is 5.75. The fraction of sp³-hybridized carbons (Fsp3) is 0.474. The van der Waals surface area contributed by atoms with Gasteiger partial charge in [0.25, 0.3) is 0 Å². The minimum atomic E-state index is -0.0889. The molecular weight excluding hydrogens is 346 g/mol. The van der Waals surface area contributed by atoms with E-state index in [9.17, 15) is 4.79 Å². The molecule has 144 valence electrons. The Morgan fingerprint density at radius 1 is 1.33 bits per heavy atom. The summed E-state index contributed by atoms with van der Waals surface area (Å²) in [6.07, 6.45) is 6.11. The molecule has 8 nitrogen and oxygen atoms in total. The average Bonchev–Trinajstić information content (AvgIpc) is 3.33. The molecule has 1 saturated carbocycles. The quantitative estimate of drug-likeness (QED) is 0.681. The Morgan fingerprint density at radius 2 is 2.15 bits per heavy atom. The molecule has 0 radical (unpaired) electrons. The SMILES string of the molecule is C=CCOc1ccc(-c2nnn(CC(=O)NC3CCCC3)n2)cc1OCC. The number of nitrogens with one attached hydrogen (secondary N) is 1. The number of rotatable bonds is 9. The summed E-state index contributed by atoms with van der Waals surface area (Å²) < 4.78 is 11.2. The lowest BCUT2D eigenvalue weighted by Gasteiger charge is -2.11. The van der Waals surface area contributed by atoms with Crippen molar-refractivity contribution in [3.05, 3.63) is 30.9 Å². The van der Waals surface area contributed by atoms with Crippen molar-refractivity contribution >= 4 is 5.91 Å². The van der Waals surface area contributed by atoms with Gasteiger partial charge in [-0.05, 0) is 43.2 Å². The van der Waals surface area contributed by atoms with Crippen LogP contribution in [0.3, 0.4) is 0 Å². The Labute approximate surface area is 158 Å². The largest absolute Gasteiger partial charge is 0.490 e. The van der Waals surface area contributed by atoms with Crippen molar-refractivity contribution in [2.75, 3.05) is 13.2 Å². The number of amides is 1. The van der Waals surface area contributed by atoms with E-state index in [4.69, 9.17) is 9.47 Å². The molecule has 2 aromatic rings. The van der Waals surface area contributed by atoms with Gasteiger partial charge < -0.3 is 14.8 Å². The van der Waals surface area contributed by atoms with E-state index < -0.39 is 0 Å². The number of nitrogens with zero attached hydrogens (tertiary/aromatic N) is 4. The van der Waals surface area contributed by atoms with Crippen LogP contribution in [0, 0.1) is 0 Å². The molecule has 1 aromatic carbocycles. The van der Waals surface area contributed by atoms with Crippen molar-refractivity contribution in [2.24, 2.45) is 0 Å². The summed E-state index contributed by atoms with van der Waals surface area (Å²) >= 11 is 0. The minimum absolute atomic E-state index is 0.0579. The predicted molar refractivity (Wildman–Crippen MR) is 101 cm³/mol. The third-order valence-corrected chi connectivity index (χ3v) is 4.32. The zero-order chi connectivity index (χ0) is 19.1. The summed E-state index contributed by atoms with van der Waals surface area (Å²) in [4.78, 5) is 13.4. The van der Waals surface area contributed by atoms with Gasteiger partial charge in [-0.2, -0.15) is 4.80 Å². The van der Waals surface area contributed by atoms with Crippen LogP contribution in [0.5, 0.6) is 11.5 Å². The Bertz CT molecular complexity index is 783. The zero-order valence-corrected chi connectivity index (χ0v) is 15.6. The lowest BCUT2D eigenvalue weighted by Crippen LogP contribution is -2.35. The first kappa shape index (κ1) is 18.9. The Hall–Kier alpha value is -2.90. The van der Waals surface area contributed by atoms with Crippen molar-refractivity contribution in [3.8, 4) is 22.9 Å². The van der Waals surface area contributed by atoms with Crippen LogP contribution in [-0.2, 0) is 11.3 Å². The molecule has 1 amide bonds. The summed E-state index contributed by atoms with van der Waals surface area (Å²) in [6, 6.07) is 5.72. The third kappa shape index (κ3) is 5.06. The number of carbonyl (C=O) groups is 1. The van der Waals surface area contributed by atoms with E-state index in [1.54, 1.807) is 12.1 Å². The number of hydrogen-bond acceptors (Lipinski definition) is 6. The van der Waals surface area contributed by atoms with Gasteiger partial charge >= 0.3 is 0 Å². The van der Waals surface area contributed by atoms with Crippen LogP contribution in [0.2, 0.25) is 0 Å². The van der Waals surface area contributed by atoms with Crippen LogP contribution < -0.4 is 14.8 Å². The second kappa shape index (κ2) is 9.16. The van der Waals surface area contributed by atoms with Gasteiger partial charge in [0.15, 0.2) is 11.5 Å². The van der Waals surface area contributed by atoms with Crippen LogP contribution in [-0.4, -0.2) is 45.4 Å². The monoisotopic (exact) mass is 371 g/mol. The average molecular weight is 371 g/mol. The molecule has 0 atom stereocenters. The van der Waals surface area contributed by atoms with Gasteiger partial charge in [-0.15, -0.1) is 10.2 Å². The number of carbonyl (C=O) groups excluding carboxylic acids is 1. The third-order valence-electron chi connectivity index (χ3n) is 4.32. The number of hydrogen-bond donors (Lipinski definition) is 1. The number of ether oxygens (including phenoxy) is 2. The smallest absolute Gasteiger partial charge is 0.243 e. The van der Waals surface area contributed by atoms with E-state index in [2.05, 4.69) is 27.3 Å². The molecule has 0 saturated heterocycles.